The van der Waals surface area contributed by atoms with Crippen molar-refractivity contribution in [3.05, 3.63) is 53.1 Å². The predicted octanol–water partition coefficient (Wildman–Crippen LogP) is 2.41. The summed E-state index contributed by atoms with van der Waals surface area (Å²) in [5, 5.41) is 3.39. The molecule has 1 N–H and O–H groups in total. The van der Waals surface area contributed by atoms with Crippen LogP contribution in [0.1, 0.15) is 41.1 Å². The molecule has 1 fully saturated rings. The fourth-order valence-corrected chi connectivity index (χ4v) is 2.83. The van der Waals surface area contributed by atoms with Crippen molar-refractivity contribution in [3.8, 4) is 0 Å². The third-order valence-electron chi connectivity index (χ3n) is 3.99. The van der Waals surface area contributed by atoms with E-state index >= 15 is 0 Å². The van der Waals surface area contributed by atoms with Gasteiger partial charge in [0.1, 0.15) is 0 Å². The summed E-state index contributed by atoms with van der Waals surface area (Å²) in [6.45, 7) is 3.00. The molecule has 3 heteroatoms. The van der Waals surface area contributed by atoms with Gasteiger partial charge < -0.3 is 9.88 Å². The number of rotatable bonds is 3. The maximum atomic E-state index is 4.30. The third kappa shape index (κ3) is 1.75. The zero-order chi connectivity index (χ0) is 11.9. The van der Waals surface area contributed by atoms with E-state index in [1.807, 2.05) is 12.5 Å². The van der Waals surface area contributed by atoms with Gasteiger partial charge >= 0.3 is 0 Å². The van der Waals surface area contributed by atoms with Gasteiger partial charge in [-0.1, -0.05) is 18.2 Å². The maximum absolute atomic E-state index is 4.30. The predicted molar refractivity (Wildman–Crippen MR) is 70.3 cm³/mol. The van der Waals surface area contributed by atoms with Gasteiger partial charge in [0, 0.05) is 37.4 Å². The second-order valence-electron chi connectivity index (χ2n) is 5.43. The number of aromatic nitrogens is 2. The van der Waals surface area contributed by atoms with Crippen molar-refractivity contribution in [2.24, 2.45) is 0 Å². The highest BCUT2D eigenvalue weighted by Crippen LogP contribution is 2.39. The lowest BCUT2D eigenvalue weighted by Crippen LogP contribution is -2.03. The van der Waals surface area contributed by atoms with Crippen LogP contribution in [0.4, 0.5) is 0 Å². The van der Waals surface area contributed by atoms with Crippen LogP contribution in [0.3, 0.4) is 0 Å². The average molecular weight is 239 g/mol. The molecule has 0 bridgehead atoms. The lowest BCUT2D eigenvalue weighted by Gasteiger charge is -2.09. The Morgan fingerprint density at radius 1 is 1.22 bits per heavy atom. The minimum Gasteiger partial charge on any atom is -0.330 e. The summed E-state index contributed by atoms with van der Waals surface area (Å²) in [6, 6.07) is 6.85. The Kier molecular flexibility index (Phi) is 2.27. The number of fused-ring (bicyclic) bond motifs is 1. The molecule has 1 aromatic heterocycles. The van der Waals surface area contributed by atoms with Crippen LogP contribution in [0.5, 0.6) is 0 Å². The Balaban J connectivity index is 1.62. The summed E-state index contributed by atoms with van der Waals surface area (Å²) < 4.78 is 2.31. The number of hydrogen-bond acceptors (Lipinski definition) is 2. The van der Waals surface area contributed by atoms with Crippen molar-refractivity contribution in [1.82, 2.24) is 14.9 Å². The van der Waals surface area contributed by atoms with E-state index in [-0.39, 0.29) is 0 Å². The molecule has 2 aromatic rings. The number of imidazole rings is 1. The highest BCUT2D eigenvalue weighted by molar-refractivity contribution is 5.35. The fourth-order valence-electron chi connectivity index (χ4n) is 2.83. The lowest BCUT2D eigenvalue weighted by atomic mass is 10.1. The molecule has 0 atom stereocenters. The fraction of sp³-hybridized carbons (Fsp3) is 0.400. The van der Waals surface area contributed by atoms with E-state index < -0.39 is 0 Å². The molecule has 0 amide bonds. The van der Waals surface area contributed by atoms with Crippen molar-refractivity contribution in [2.45, 2.75) is 38.4 Å². The second-order valence-corrected chi connectivity index (χ2v) is 5.43. The van der Waals surface area contributed by atoms with Gasteiger partial charge in [0.15, 0.2) is 0 Å². The van der Waals surface area contributed by atoms with Crippen molar-refractivity contribution in [3.63, 3.8) is 0 Å². The molecule has 4 rings (SSSR count). The molecule has 2 aliphatic rings. The first-order chi connectivity index (χ1) is 8.90. The zero-order valence-electron chi connectivity index (χ0n) is 10.4. The first-order valence-electron chi connectivity index (χ1n) is 6.71. The standard InChI is InChI=1S/C15H17N3/c1-2-13-6-16-7-14(13)5-11(1)9-18-10-17-8-15(18)12-3-4-12/h1-2,5,8,10,12,16H,3-4,6-7,9H2. The van der Waals surface area contributed by atoms with Gasteiger partial charge in [-0.2, -0.15) is 0 Å². The van der Waals surface area contributed by atoms with E-state index in [2.05, 4.69) is 33.1 Å². The van der Waals surface area contributed by atoms with E-state index in [1.54, 1.807) is 0 Å². The monoisotopic (exact) mass is 239 g/mol. The highest BCUT2D eigenvalue weighted by atomic mass is 15.0. The Labute approximate surface area is 107 Å². The summed E-state index contributed by atoms with van der Waals surface area (Å²) in [5.41, 5.74) is 5.71. The van der Waals surface area contributed by atoms with E-state index in [4.69, 9.17) is 0 Å². The van der Waals surface area contributed by atoms with E-state index in [9.17, 15) is 0 Å². The Bertz CT molecular complexity index is 581. The smallest absolute Gasteiger partial charge is 0.0951 e. The maximum Gasteiger partial charge on any atom is 0.0951 e. The average Bonchev–Trinajstić information content (AvgIpc) is 2.95. The van der Waals surface area contributed by atoms with Gasteiger partial charge in [0.2, 0.25) is 0 Å². The SMILES string of the molecule is c1cc2c(cc1Cn1cncc1C1CC1)CNC2. The van der Waals surface area contributed by atoms with Gasteiger partial charge in [-0.25, -0.2) is 4.98 Å². The number of hydrogen-bond donors (Lipinski definition) is 1. The van der Waals surface area contributed by atoms with Crippen molar-refractivity contribution in [1.29, 1.82) is 0 Å². The van der Waals surface area contributed by atoms with Crippen molar-refractivity contribution < 1.29 is 0 Å². The van der Waals surface area contributed by atoms with Crippen LogP contribution >= 0.6 is 0 Å². The molecule has 3 nitrogen and oxygen atoms in total. The van der Waals surface area contributed by atoms with Crippen molar-refractivity contribution >= 4 is 0 Å². The first-order valence-corrected chi connectivity index (χ1v) is 6.71. The lowest BCUT2D eigenvalue weighted by molar-refractivity contribution is 0.740. The highest BCUT2D eigenvalue weighted by Gasteiger charge is 2.26. The number of nitrogens with zero attached hydrogens (tertiary/aromatic N) is 2. The van der Waals surface area contributed by atoms with Gasteiger partial charge in [0.05, 0.1) is 6.33 Å². The summed E-state index contributed by atoms with van der Waals surface area (Å²) in [5.74, 6) is 0.767. The molecular formula is C15H17N3. The molecule has 1 aliphatic carbocycles. The zero-order valence-corrected chi connectivity index (χ0v) is 10.4. The van der Waals surface area contributed by atoms with Gasteiger partial charge in [0.25, 0.3) is 0 Å². The first kappa shape index (κ1) is 10.3. The Hall–Kier alpha value is -1.61. The largest absolute Gasteiger partial charge is 0.330 e. The van der Waals surface area contributed by atoms with Crippen LogP contribution in [-0.4, -0.2) is 9.55 Å². The van der Waals surface area contributed by atoms with Crippen LogP contribution in [0, 0.1) is 0 Å². The summed E-state index contributed by atoms with van der Waals surface area (Å²) in [6.07, 6.45) is 6.67. The van der Waals surface area contributed by atoms with Gasteiger partial charge in [-0.05, 0) is 29.5 Å². The van der Waals surface area contributed by atoms with Crippen molar-refractivity contribution in [2.75, 3.05) is 0 Å². The second kappa shape index (κ2) is 3.95. The number of benzene rings is 1. The Morgan fingerprint density at radius 3 is 3.00 bits per heavy atom. The van der Waals surface area contributed by atoms with Gasteiger partial charge in [-0.3, -0.25) is 0 Å². The molecule has 92 valence electrons. The van der Waals surface area contributed by atoms with Crippen LogP contribution in [0.15, 0.2) is 30.7 Å². The summed E-state index contributed by atoms with van der Waals surface area (Å²) >= 11 is 0. The van der Waals surface area contributed by atoms with Crippen LogP contribution in [-0.2, 0) is 19.6 Å². The molecule has 1 saturated carbocycles. The van der Waals surface area contributed by atoms with Crippen LogP contribution in [0.25, 0.3) is 0 Å². The number of nitrogens with one attached hydrogen (secondary N) is 1. The molecule has 2 heterocycles. The molecule has 1 aromatic carbocycles. The quantitative estimate of drug-likeness (QED) is 0.891. The van der Waals surface area contributed by atoms with Crippen LogP contribution < -0.4 is 5.32 Å². The van der Waals surface area contributed by atoms with E-state index in [0.717, 1.165) is 25.6 Å². The topological polar surface area (TPSA) is 29.9 Å². The minimum absolute atomic E-state index is 0.767. The summed E-state index contributed by atoms with van der Waals surface area (Å²) in [4.78, 5) is 4.30. The van der Waals surface area contributed by atoms with Gasteiger partial charge in [-0.15, -0.1) is 0 Å². The molecule has 18 heavy (non-hydrogen) atoms. The molecular weight excluding hydrogens is 222 g/mol. The molecule has 0 spiro atoms. The van der Waals surface area contributed by atoms with E-state index in [1.165, 1.54) is 35.2 Å². The third-order valence-corrected chi connectivity index (χ3v) is 3.99. The minimum atomic E-state index is 0.767. The van der Waals surface area contributed by atoms with Crippen LogP contribution in [0.2, 0.25) is 0 Å². The molecule has 0 radical (unpaired) electrons. The van der Waals surface area contributed by atoms with E-state index in [0.29, 0.717) is 0 Å². The molecule has 1 aliphatic heterocycles. The Morgan fingerprint density at radius 2 is 2.11 bits per heavy atom. The molecule has 0 saturated heterocycles. The molecule has 0 unspecified atom stereocenters. The normalized spacial score (nSPS) is 18.0. The summed E-state index contributed by atoms with van der Waals surface area (Å²) in [7, 11) is 0.